The summed E-state index contributed by atoms with van der Waals surface area (Å²) in [5.41, 5.74) is 3.76. The standard InChI is InChI=1S/C13H13FN2/c14-9-16-12-7-3-1-5-10(12)15-11-6-2-4-8-13(11)16/h1,3,5,7-8H,2,4,6,9H2. The van der Waals surface area contributed by atoms with Crippen LogP contribution in [0.5, 0.6) is 0 Å². The summed E-state index contributed by atoms with van der Waals surface area (Å²) in [4.78, 5) is 6.32. The Balaban J connectivity index is 2.17. The van der Waals surface area contributed by atoms with Gasteiger partial charge in [-0.25, -0.2) is 9.38 Å². The minimum absolute atomic E-state index is 0.484. The molecule has 0 amide bonds. The number of aliphatic imine (C=N–C) groups is 1. The highest BCUT2D eigenvalue weighted by Crippen LogP contribution is 2.38. The summed E-state index contributed by atoms with van der Waals surface area (Å²) < 4.78 is 13.2. The first-order valence-corrected chi connectivity index (χ1v) is 5.61. The Morgan fingerprint density at radius 2 is 2.19 bits per heavy atom. The first kappa shape index (κ1) is 9.58. The summed E-state index contributed by atoms with van der Waals surface area (Å²) in [6, 6.07) is 7.73. The van der Waals surface area contributed by atoms with E-state index >= 15 is 0 Å². The van der Waals surface area contributed by atoms with Crippen LogP contribution in [0.1, 0.15) is 19.3 Å². The van der Waals surface area contributed by atoms with Crippen LogP contribution >= 0.6 is 0 Å². The van der Waals surface area contributed by atoms with Crippen molar-refractivity contribution in [3.63, 3.8) is 0 Å². The Bertz CT molecular complexity index is 477. The molecule has 1 heterocycles. The predicted molar refractivity (Wildman–Crippen MR) is 63.9 cm³/mol. The number of allylic oxidation sites excluding steroid dienone is 2. The molecular formula is C13H13FN2. The van der Waals surface area contributed by atoms with Crippen LogP contribution in [0, 0.1) is 0 Å². The third kappa shape index (κ3) is 1.35. The van der Waals surface area contributed by atoms with E-state index < -0.39 is 6.80 Å². The summed E-state index contributed by atoms with van der Waals surface area (Å²) in [6.45, 7) is -0.484. The maximum atomic E-state index is 13.2. The van der Waals surface area contributed by atoms with Gasteiger partial charge in [-0.05, 0) is 31.4 Å². The topological polar surface area (TPSA) is 15.6 Å². The molecule has 3 rings (SSSR count). The zero-order valence-corrected chi connectivity index (χ0v) is 8.99. The van der Waals surface area contributed by atoms with Crippen molar-refractivity contribution in [1.82, 2.24) is 0 Å². The van der Waals surface area contributed by atoms with E-state index in [1.165, 1.54) is 0 Å². The minimum atomic E-state index is -0.484. The zero-order chi connectivity index (χ0) is 11.0. The molecule has 0 spiro atoms. The highest BCUT2D eigenvalue weighted by atomic mass is 19.1. The van der Waals surface area contributed by atoms with Gasteiger partial charge >= 0.3 is 0 Å². The Morgan fingerprint density at radius 3 is 3.06 bits per heavy atom. The molecule has 0 saturated carbocycles. The number of anilines is 1. The molecule has 0 N–H and O–H groups in total. The van der Waals surface area contributed by atoms with E-state index in [4.69, 9.17) is 0 Å². The van der Waals surface area contributed by atoms with Crippen LogP contribution in [0.25, 0.3) is 0 Å². The smallest absolute Gasteiger partial charge is 0.166 e. The van der Waals surface area contributed by atoms with Crippen LogP contribution in [0.2, 0.25) is 0 Å². The molecule has 16 heavy (non-hydrogen) atoms. The van der Waals surface area contributed by atoms with Gasteiger partial charge in [0.15, 0.2) is 6.80 Å². The van der Waals surface area contributed by atoms with Gasteiger partial charge in [-0.1, -0.05) is 18.2 Å². The second-order valence-corrected chi connectivity index (χ2v) is 4.08. The van der Waals surface area contributed by atoms with Crippen molar-refractivity contribution >= 4 is 17.1 Å². The largest absolute Gasteiger partial charge is 0.310 e. The molecular weight excluding hydrogens is 203 g/mol. The molecule has 0 unspecified atom stereocenters. The van der Waals surface area contributed by atoms with Crippen molar-refractivity contribution in [2.75, 3.05) is 11.7 Å². The van der Waals surface area contributed by atoms with E-state index in [9.17, 15) is 4.39 Å². The van der Waals surface area contributed by atoms with Crippen LogP contribution in [0.3, 0.4) is 0 Å². The number of hydrogen-bond donors (Lipinski definition) is 0. The second-order valence-electron chi connectivity index (χ2n) is 4.08. The van der Waals surface area contributed by atoms with Crippen molar-refractivity contribution in [1.29, 1.82) is 0 Å². The Morgan fingerprint density at radius 1 is 1.31 bits per heavy atom. The monoisotopic (exact) mass is 216 g/mol. The molecule has 0 fully saturated rings. The lowest BCUT2D eigenvalue weighted by atomic mass is 9.99. The molecule has 82 valence electrons. The number of fused-ring (bicyclic) bond motifs is 2. The van der Waals surface area contributed by atoms with Crippen LogP contribution < -0.4 is 4.90 Å². The van der Waals surface area contributed by atoms with E-state index in [0.29, 0.717) is 0 Å². The first-order chi connectivity index (χ1) is 7.90. The highest BCUT2D eigenvalue weighted by molar-refractivity contribution is 6.08. The number of hydrogen-bond acceptors (Lipinski definition) is 2. The lowest BCUT2D eigenvalue weighted by Crippen LogP contribution is -2.30. The van der Waals surface area contributed by atoms with Crippen LogP contribution in [-0.4, -0.2) is 12.5 Å². The van der Waals surface area contributed by atoms with Crippen LogP contribution in [-0.2, 0) is 0 Å². The van der Waals surface area contributed by atoms with E-state index in [1.807, 2.05) is 24.3 Å². The fourth-order valence-corrected chi connectivity index (χ4v) is 2.32. The average molecular weight is 216 g/mol. The second kappa shape index (κ2) is 3.74. The molecule has 2 nitrogen and oxygen atoms in total. The molecule has 0 saturated heterocycles. The van der Waals surface area contributed by atoms with Crippen molar-refractivity contribution in [3.05, 3.63) is 36.0 Å². The molecule has 0 bridgehead atoms. The van der Waals surface area contributed by atoms with Gasteiger partial charge in [0.2, 0.25) is 0 Å². The molecule has 1 aromatic rings. The molecule has 1 aliphatic carbocycles. The molecule has 3 heteroatoms. The normalized spacial score (nSPS) is 18.4. The fourth-order valence-electron chi connectivity index (χ4n) is 2.32. The lowest BCUT2D eigenvalue weighted by molar-refractivity contribution is 0.494. The summed E-state index contributed by atoms with van der Waals surface area (Å²) >= 11 is 0. The van der Waals surface area contributed by atoms with Gasteiger partial charge in [-0.15, -0.1) is 0 Å². The van der Waals surface area contributed by atoms with E-state index in [2.05, 4.69) is 11.1 Å². The van der Waals surface area contributed by atoms with Crippen molar-refractivity contribution in [2.24, 2.45) is 4.99 Å². The zero-order valence-electron chi connectivity index (χ0n) is 8.99. The number of benzene rings is 1. The molecule has 2 aliphatic rings. The Kier molecular flexibility index (Phi) is 2.24. The molecule has 0 radical (unpaired) electrons. The minimum Gasteiger partial charge on any atom is -0.310 e. The summed E-state index contributed by atoms with van der Waals surface area (Å²) in [5, 5.41) is 0. The van der Waals surface area contributed by atoms with Crippen LogP contribution in [0.4, 0.5) is 15.8 Å². The third-order valence-electron chi connectivity index (χ3n) is 3.09. The van der Waals surface area contributed by atoms with Gasteiger partial charge in [0.05, 0.1) is 22.8 Å². The summed E-state index contributed by atoms with van der Waals surface area (Å²) in [6.07, 6.45) is 5.19. The molecule has 0 atom stereocenters. The van der Waals surface area contributed by atoms with E-state index in [1.54, 1.807) is 4.90 Å². The Hall–Kier alpha value is -1.64. The molecule has 1 aromatic carbocycles. The molecule has 0 aromatic heterocycles. The maximum absolute atomic E-state index is 13.2. The first-order valence-electron chi connectivity index (χ1n) is 5.61. The number of halogens is 1. The number of nitrogens with zero attached hydrogens (tertiary/aromatic N) is 2. The van der Waals surface area contributed by atoms with E-state index in [-0.39, 0.29) is 0 Å². The molecule has 1 aliphatic heterocycles. The van der Waals surface area contributed by atoms with Gasteiger partial charge in [0, 0.05) is 0 Å². The summed E-state index contributed by atoms with van der Waals surface area (Å²) in [5.74, 6) is 0. The average Bonchev–Trinajstić information content (AvgIpc) is 2.36. The van der Waals surface area contributed by atoms with Gasteiger partial charge in [-0.2, -0.15) is 0 Å². The van der Waals surface area contributed by atoms with Crippen molar-refractivity contribution in [2.45, 2.75) is 19.3 Å². The van der Waals surface area contributed by atoms with Gasteiger partial charge < -0.3 is 4.90 Å². The van der Waals surface area contributed by atoms with Crippen molar-refractivity contribution < 1.29 is 4.39 Å². The van der Waals surface area contributed by atoms with E-state index in [0.717, 1.165) is 42.0 Å². The van der Waals surface area contributed by atoms with Gasteiger partial charge in [0.1, 0.15) is 0 Å². The van der Waals surface area contributed by atoms with Crippen molar-refractivity contribution in [3.8, 4) is 0 Å². The fraction of sp³-hybridized carbons (Fsp3) is 0.308. The SMILES string of the molecule is FCN1C2=CCCCC2=Nc2ccccc21. The van der Waals surface area contributed by atoms with Gasteiger partial charge in [0.25, 0.3) is 0 Å². The maximum Gasteiger partial charge on any atom is 0.166 e. The lowest BCUT2D eigenvalue weighted by Gasteiger charge is -2.32. The highest BCUT2D eigenvalue weighted by Gasteiger charge is 2.25. The number of rotatable bonds is 1. The number of para-hydroxylation sites is 2. The van der Waals surface area contributed by atoms with Crippen LogP contribution in [0.15, 0.2) is 41.0 Å². The van der Waals surface area contributed by atoms with Gasteiger partial charge in [-0.3, -0.25) is 0 Å². The summed E-state index contributed by atoms with van der Waals surface area (Å²) in [7, 11) is 0. The third-order valence-corrected chi connectivity index (χ3v) is 3.09. The Labute approximate surface area is 94.1 Å². The predicted octanol–water partition coefficient (Wildman–Crippen LogP) is 3.57. The number of alkyl halides is 1. The quantitative estimate of drug-likeness (QED) is 0.655.